The maximum atomic E-state index is 13.7. The summed E-state index contributed by atoms with van der Waals surface area (Å²) in [5.41, 5.74) is -3.60. The predicted octanol–water partition coefficient (Wildman–Crippen LogP) is 4.99. The SMILES string of the molecule is [2H][C@@H](CCCCCCC)OC(=O)[C@](OC)(c1ccccc1)C(F)(F)F. The van der Waals surface area contributed by atoms with Crippen LogP contribution in [0.25, 0.3) is 0 Å². The van der Waals surface area contributed by atoms with E-state index in [0.29, 0.717) is 6.42 Å². The number of hydrogen-bond donors (Lipinski definition) is 0. The van der Waals surface area contributed by atoms with Crippen LogP contribution in [-0.2, 0) is 19.9 Å². The van der Waals surface area contributed by atoms with E-state index < -0.39 is 24.3 Å². The molecule has 1 rings (SSSR count). The average molecular weight is 347 g/mol. The number of carbonyl (C=O) groups excluding carboxylic acids is 1. The summed E-state index contributed by atoms with van der Waals surface area (Å²) in [7, 11) is 0.811. The Morgan fingerprint density at radius 2 is 1.67 bits per heavy atom. The number of halogens is 3. The van der Waals surface area contributed by atoms with E-state index >= 15 is 0 Å². The number of methoxy groups -OCH3 is 1. The van der Waals surface area contributed by atoms with Crippen LogP contribution in [0, 0.1) is 0 Å². The lowest BCUT2D eigenvalue weighted by atomic mass is 9.93. The Labute approximate surface area is 142 Å². The molecule has 0 heterocycles. The van der Waals surface area contributed by atoms with Gasteiger partial charge in [0.1, 0.15) is 0 Å². The minimum absolute atomic E-state index is 0.196. The molecule has 1 aromatic carbocycles. The first-order valence-corrected chi connectivity index (χ1v) is 8.10. The Morgan fingerprint density at radius 3 is 2.21 bits per heavy atom. The molecule has 0 saturated heterocycles. The highest BCUT2D eigenvalue weighted by Crippen LogP contribution is 2.42. The highest BCUT2D eigenvalue weighted by molar-refractivity contribution is 5.82. The second kappa shape index (κ2) is 9.67. The maximum absolute atomic E-state index is 13.7. The first kappa shape index (κ1) is 18.8. The molecule has 6 heteroatoms. The van der Waals surface area contributed by atoms with Crippen LogP contribution in [0.3, 0.4) is 0 Å². The molecule has 0 aliphatic heterocycles. The molecular formula is C18H25F3O3. The van der Waals surface area contributed by atoms with Crippen LogP contribution in [0.5, 0.6) is 0 Å². The quantitative estimate of drug-likeness (QED) is 0.442. The minimum atomic E-state index is -5.01. The number of rotatable bonds is 10. The molecule has 136 valence electrons. The summed E-state index contributed by atoms with van der Waals surface area (Å²) in [5.74, 6) is -1.61. The van der Waals surface area contributed by atoms with E-state index in [0.717, 1.165) is 44.9 Å². The van der Waals surface area contributed by atoms with E-state index in [1.54, 1.807) is 0 Å². The van der Waals surface area contributed by atoms with Crippen LogP contribution in [0.4, 0.5) is 13.2 Å². The largest absolute Gasteiger partial charge is 0.463 e. The molecule has 0 bridgehead atoms. The Morgan fingerprint density at radius 1 is 1.08 bits per heavy atom. The number of hydrogen-bond acceptors (Lipinski definition) is 3. The molecule has 3 nitrogen and oxygen atoms in total. The summed E-state index contributed by atoms with van der Waals surface area (Å²) >= 11 is 0. The third kappa shape index (κ3) is 4.97. The summed E-state index contributed by atoms with van der Waals surface area (Å²) < 4.78 is 58.1. The molecule has 0 saturated carbocycles. The number of benzene rings is 1. The standard InChI is InChI=1S/C18H25F3O3/c1-3-4-5-6-7-11-14-24-16(22)17(23-2,18(19,20)21)15-12-9-8-10-13-15/h8-10,12-13H,3-7,11,14H2,1-2H3/t17-/m1/s1/i14D/t14-,17+/m0. The van der Waals surface area contributed by atoms with Crippen molar-refractivity contribution in [1.29, 1.82) is 0 Å². The second-order valence-corrected chi connectivity index (χ2v) is 5.52. The average Bonchev–Trinajstić information content (AvgIpc) is 2.55. The van der Waals surface area contributed by atoms with E-state index in [2.05, 4.69) is 11.7 Å². The third-order valence-electron chi connectivity index (χ3n) is 3.79. The Balaban J connectivity index is 2.84. The van der Waals surface area contributed by atoms with E-state index in [4.69, 9.17) is 6.11 Å². The van der Waals surface area contributed by atoms with Gasteiger partial charge in [0.25, 0.3) is 5.60 Å². The van der Waals surface area contributed by atoms with Crippen molar-refractivity contribution in [2.75, 3.05) is 13.7 Å². The molecule has 0 radical (unpaired) electrons. The molecule has 2 atom stereocenters. The minimum Gasteiger partial charge on any atom is -0.463 e. The Bertz CT molecular complexity index is 522. The second-order valence-electron chi connectivity index (χ2n) is 5.52. The third-order valence-corrected chi connectivity index (χ3v) is 3.79. The van der Waals surface area contributed by atoms with E-state index in [-0.39, 0.29) is 12.0 Å². The first-order valence-electron chi connectivity index (χ1n) is 8.68. The van der Waals surface area contributed by atoms with Gasteiger partial charge < -0.3 is 9.47 Å². The fraction of sp³-hybridized carbons (Fsp3) is 0.611. The fourth-order valence-corrected chi connectivity index (χ4v) is 2.44. The van der Waals surface area contributed by atoms with Gasteiger partial charge in [0, 0.05) is 12.7 Å². The zero-order valence-electron chi connectivity index (χ0n) is 15.1. The van der Waals surface area contributed by atoms with Crippen LogP contribution in [0.2, 0.25) is 0 Å². The van der Waals surface area contributed by atoms with Crippen molar-refractivity contribution >= 4 is 5.97 Å². The molecule has 0 aliphatic rings. The van der Waals surface area contributed by atoms with Crippen LogP contribution >= 0.6 is 0 Å². The van der Waals surface area contributed by atoms with Gasteiger partial charge in [0.15, 0.2) is 0 Å². The van der Waals surface area contributed by atoms with E-state index in [1.807, 2.05) is 0 Å². The zero-order valence-corrected chi connectivity index (χ0v) is 14.1. The van der Waals surface area contributed by atoms with Crippen LogP contribution in [0.1, 0.15) is 52.4 Å². The Kier molecular flexibility index (Phi) is 7.56. The summed E-state index contributed by atoms with van der Waals surface area (Å²) in [5, 5.41) is 0. The molecule has 0 spiro atoms. The molecule has 1 aromatic rings. The molecule has 0 unspecified atom stereocenters. The van der Waals surface area contributed by atoms with Crippen molar-refractivity contribution in [3.05, 3.63) is 35.9 Å². The topological polar surface area (TPSA) is 35.5 Å². The number of unbranched alkanes of at least 4 members (excludes halogenated alkanes) is 4. The fourth-order valence-electron chi connectivity index (χ4n) is 2.44. The first-order chi connectivity index (χ1) is 11.8. The number of esters is 1. The maximum Gasteiger partial charge on any atom is 0.432 e. The molecule has 0 aromatic heterocycles. The molecule has 0 amide bonds. The van der Waals surface area contributed by atoms with Gasteiger partial charge in [-0.3, -0.25) is 0 Å². The number of ether oxygens (including phenoxy) is 2. The molecular weight excluding hydrogens is 321 g/mol. The lowest BCUT2D eigenvalue weighted by molar-refractivity contribution is -0.276. The van der Waals surface area contributed by atoms with Crippen molar-refractivity contribution < 1.29 is 28.8 Å². The molecule has 0 N–H and O–H groups in total. The number of alkyl halides is 3. The molecule has 0 aliphatic carbocycles. The number of carbonyl (C=O) groups is 1. The van der Waals surface area contributed by atoms with Gasteiger partial charge in [0.05, 0.1) is 7.95 Å². The molecule has 24 heavy (non-hydrogen) atoms. The van der Waals surface area contributed by atoms with E-state index in [1.165, 1.54) is 18.2 Å². The lowest BCUT2D eigenvalue weighted by Gasteiger charge is -2.32. The van der Waals surface area contributed by atoms with Crippen molar-refractivity contribution in [2.45, 2.75) is 57.2 Å². The van der Waals surface area contributed by atoms with E-state index in [9.17, 15) is 18.0 Å². The smallest absolute Gasteiger partial charge is 0.432 e. The van der Waals surface area contributed by atoms with Gasteiger partial charge in [-0.15, -0.1) is 0 Å². The van der Waals surface area contributed by atoms with Crippen molar-refractivity contribution in [2.24, 2.45) is 0 Å². The van der Waals surface area contributed by atoms with Crippen LogP contribution in [0.15, 0.2) is 30.3 Å². The van der Waals surface area contributed by atoms with Gasteiger partial charge in [0.2, 0.25) is 0 Å². The van der Waals surface area contributed by atoms with Gasteiger partial charge in [-0.25, -0.2) is 4.79 Å². The normalized spacial score (nSPS) is 16.1. The summed E-state index contributed by atoms with van der Waals surface area (Å²) in [6, 6.07) is 6.61. The lowest BCUT2D eigenvalue weighted by Crippen LogP contribution is -2.51. The zero-order chi connectivity index (χ0) is 18.9. The van der Waals surface area contributed by atoms with Crippen molar-refractivity contribution in [3.8, 4) is 0 Å². The van der Waals surface area contributed by atoms with Crippen molar-refractivity contribution in [3.63, 3.8) is 0 Å². The predicted molar refractivity (Wildman–Crippen MR) is 85.5 cm³/mol. The van der Waals surface area contributed by atoms with Gasteiger partial charge >= 0.3 is 12.1 Å². The Hall–Kier alpha value is -1.56. The van der Waals surface area contributed by atoms with Crippen molar-refractivity contribution in [1.82, 2.24) is 0 Å². The van der Waals surface area contributed by atoms with Crippen LogP contribution < -0.4 is 0 Å². The molecule has 0 fully saturated rings. The van der Waals surface area contributed by atoms with Gasteiger partial charge in [-0.1, -0.05) is 69.4 Å². The van der Waals surface area contributed by atoms with Crippen LogP contribution in [-0.4, -0.2) is 25.8 Å². The summed E-state index contributed by atoms with van der Waals surface area (Å²) in [6.07, 6.45) is -0.211. The summed E-state index contributed by atoms with van der Waals surface area (Å²) in [6.45, 7) is 0.717. The van der Waals surface area contributed by atoms with Gasteiger partial charge in [-0.2, -0.15) is 13.2 Å². The highest BCUT2D eigenvalue weighted by Gasteiger charge is 2.64. The monoisotopic (exact) mass is 347 g/mol. The van der Waals surface area contributed by atoms with Gasteiger partial charge in [-0.05, 0) is 6.42 Å². The highest BCUT2D eigenvalue weighted by atomic mass is 19.4. The summed E-state index contributed by atoms with van der Waals surface area (Å²) in [4.78, 5) is 12.3.